The standard InChI is InChI=1S/C10H21NO3S/c1-9(2)15-8-10(13)11(4-6-12)5-7-14-3/h9,12H,4-8H2,1-3H3. The number of aliphatic hydroxyl groups excluding tert-OH is 1. The molecule has 0 atom stereocenters. The molecule has 5 heteroatoms. The summed E-state index contributed by atoms with van der Waals surface area (Å²) in [5.74, 6) is 0.543. The minimum atomic E-state index is 0.00179. The highest BCUT2D eigenvalue weighted by Crippen LogP contribution is 2.09. The lowest BCUT2D eigenvalue weighted by molar-refractivity contribution is -0.129. The van der Waals surface area contributed by atoms with Gasteiger partial charge in [-0.15, -0.1) is 11.8 Å². The third-order valence-electron chi connectivity index (χ3n) is 1.83. The summed E-state index contributed by atoms with van der Waals surface area (Å²) in [6.45, 7) is 5.57. The monoisotopic (exact) mass is 235 g/mol. The van der Waals surface area contributed by atoms with Crippen LogP contribution in [0, 0.1) is 0 Å². The first-order valence-electron chi connectivity index (χ1n) is 5.11. The number of thioether (sulfide) groups is 1. The van der Waals surface area contributed by atoms with Crippen molar-refractivity contribution in [3.8, 4) is 0 Å². The third kappa shape index (κ3) is 7.64. The summed E-state index contributed by atoms with van der Waals surface area (Å²) >= 11 is 1.61. The van der Waals surface area contributed by atoms with Gasteiger partial charge in [0.05, 0.1) is 19.0 Å². The van der Waals surface area contributed by atoms with Crippen molar-refractivity contribution >= 4 is 17.7 Å². The van der Waals surface area contributed by atoms with E-state index in [0.29, 0.717) is 30.7 Å². The number of hydrogen-bond donors (Lipinski definition) is 1. The zero-order valence-corrected chi connectivity index (χ0v) is 10.5. The molecular weight excluding hydrogens is 214 g/mol. The van der Waals surface area contributed by atoms with Crippen LogP contribution in [0.1, 0.15) is 13.8 Å². The summed E-state index contributed by atoms with van der Waals surface area (Å²) < 4.78 is 4.91. The van der Waals surface area contributed by atoms with Crippen molar-refractivity contribution in [2.24, 2.45) is 0 Å². The average molecular weight is 235 g/mol. The van der Waals surface area contributed by atoms with Crippen LogP contribution in [0.15, 0.2) is 0 Å². The second-order valence-electron chi connectivity index (χ2n) is 3.46. The van der Waals surface area contributed by atoms with Gasteiger partial charge in [-0.2, -0.15) is 0 Å². The number of rotatable bonds is 8. The molecule has 0 unspecified atom stereocenters. The Bertz CT molecular complexity index is 176. The predicted octanol–water partition coefficient (Wildman–Crippen LogP) is 0.595. The molecule has 0 aromatic rings. The lowest BCUT2D eigenvalue weighted by atomic mass is 10.4. The molecule has 0 aliphatic rings. The molecule has 0 aromatic carbocycles. The molecule has 0 radical (unpaired) electrons. The van der Waals surface area contributed by atoms with Gasteiger partial charge in [-0.3, -0.25) is 4.79 Å². The Kier molecular flexibility index (Phi) is 8.85. The number of carbonyl (C=O) groups excluding carboxylic acids is 1. The van der Waals surface area contributed by atoms with Crippen LogP contribution in [0.25, 0.3) is 0 Å². The van der Waals surface area contributed by atoms with Crippen LogP contribution in [0.2, 0.25) is 0 Å². The fraction of sp³-hybridized carbons (Fsp3) is 0.900. The summed E-state index contributed by atoms with van der Waals surface area (Å²) in [6, 6.07) is 0. The Morgan fingerprint density at radius 2 is 2.13 bits per heavy atom. The zero-order chi connectivity index (χ0) is 11.7. The van der Waals surface area contributed by atoms with E-state index in [2.05, 4.69) is 13.8 Å². The Morgan fingerprint density at radius 1 is 1.47 bits per heavy atom. The van der Waals surface area contributed by atoms with E-state index < -0.39 is 0 Å². The predicted molar refractivity (Wildman–Crippen MR) is 63.1 cm³/mol. The van der Waals surface area contributed by atoms with Gasteiger partial charge in [-0.05, 0) is 5.25 Å². The molecule has 0 fully saturated rings. The fourth-order valence-electron chi connectivity index (χ4n) is 1.01. The van der Waals surface area contributed by atoms with Crippen molar-refractivity contribution in [1.82, 2.24) is 4.90 Å². The van der Waals surface area contributed by atoms with Gasteiger partial charge in [0.2, 0.25) is 5.91 Å². The van der Waals surface area contributed by atoms with E-state index in [9.17, 15) is 4.79 Å². The first kappa shape index (κ1) is 14.7. The van der Waals surface area contributed by atoms with Gasteiger partial charge in [0.15, 0.2) is 0 Å². The molecule has 15 heavy (non-hydrogen) atoms. The van der Waals surface area contributed by atoms with Crippen LogP contribution >= 0.6 is 11.8 Å². The summed E-state index contributed by atoms with van der Waals surface area (Å²) in [5.41, 5.74) is 0. The molecule has 0 heterocycles. The van der Waals surface area contributed by atoms with Crippen LogP contribution < -0.4 is 0 Å². The van der Waals surface area contributed by atoms with Gasteiger partial charge in [0.25, 0.3) is 0 Å². The van der Waals surface area contributed by atoms with Crippen LogP contribution in [0.3, 0.4) is 0 Å². The quantitative estimate of drug-likeness (QED) is 0.669. The first-order valence-corrected chi connectivity index (χ1v) is 6.15. The number of amides is 1. The summed E-state index contributed by atoms with van der Waals surface area (Å²) in [5, 5.41) is 9.27. The van der Waals surface area contributed by atoms with Crippen molar-refractivity contribution in [1.29, 1.82) is 0 Å². The lowest BCUT2D eigenvalue weighted by Gasteiger charge is -2.21. The van der Waals surface area contributed by atoms with Crippen molar-refractivity contribution in [3.05, 3.63) is 0 Å². The average Bonchev–Trinajstić information content (AvgIpc) is 2.20. The fourth-order valence-corrected chi connectivity index (χ4v) is 1.67. The Morgan fingerprint density at radius 3 is 2.60 bits per heavy atom. The molecule has 0 bridgehead atoms. The molecule has 0 saturated carbocycles. The van der Waals surface area contributed by atoms with Gasteiger partial charge < -0.3 is 14.7 Å². The number of carbonyl (C=O) groups is 1. The van der Waals surface area contributed by atoms with Crippen LogP contribution in [0.5, 0.6) is 0 Å². The van der Waals surface area contributed by atoms with Gasteiger partial charge in [0, 0.05) is 20.2 Å². The first-order chi connectivity index (χ1) is 7.11. The topological polar surface area (TPSA) is 49.8 Å². The molecule has 4 nitrogen and oxygen atoms in total. The van der Waals surface area contributed by atoms with E-state index in [0.717, 1.165) is 0 Å². The minimum Gasteiger partial charge on any atom is -0.395 e. The second kappa shape index (κ2) is 9.00. The Labute approximate surface area is 96.0 Å². The van der Waals surface area contributed by atoms with E-state index >= 15 is 0 Å². The molecule has 1 amide bonds. The molecule has 1 N–H and O–H groups in total. The van der Waals surface area contributed by atoms with Crippen molar-refractivity contribution in [2.45, 2.75) is 19.1 Å². The normalized spacial score (nSPS) is 10.7. The second-order valence-corrected chi connectivity index (χ2v) is 5.02. The zero-order valence-electron chi connectivity index (χ0n) is 9.73. The van der Waals surface area contributed by atoms with E-state index in [-0.39, 0.29) is 12.5 Å². The highest BCUT2D eigenvalue weighted by molar-refractivity contribution is 8.00. The van der Waals surface area contributed by atoms with Crippen LogP contribution in [-0.2, 0) is 9.53 Å². The maximum Gasteiger partial charge on any atom is 0.232 e. The van der Waals surface area contributed by atoms with E-state index in [1.807, 2.05) is 0 Å². The van der Waals surface area contributed by atoms with Gasteiger partial charge in [-0.1, -0.05) is 13.8 Å². The van der Waals surface area contributed by atoms with E-state index in [4.69, 9.17) is 9.84 Å². The highest BCUT2D eigenvalue weighted by Gasteiger charge is 2.12. The summed E-state index contributed by atoms with van der Waals surface area (Å²) in [6.07, 6.45) is 0. The Balaban J connectivity index is 3.92. The molecule has 0 aliphatic carbocycles. The molecular formula is C10H21NO3S. The molecule has 0 saturated heterocycles. The molecule has 0 rings (SSSR count). The maximum absolute atomic E-state index is 11.7. The van der Waals surface area contributed by atoms with Crippen LogP contribution in [-0.4, -0.2) is 60.3 Å². The van der Waals surface area contributed by atoms with Crippen molar-refractivity contribution < 1.29 is 14.6 Å². The van der Waals surface area contributed by atoms with E-state index in [1.54, 1.807) is 23.8 Å². The molecule has 0 spiro atoms. The van der Waals surface area contributed by atoms with Crippen LogP contribution in [0.4, 0.5) is 0 Å². The summed E-state index contributed by atoms with van der Waals surface area (Å²) in [7, 11) is 1.60. The Hall–Kier alpha value is -0.260. The molecule has 90 valence electrons. The van der Waals surface area contributed by atoms with Gasteiger partial charge >= 0.3 is 0 Å². The summed E-state index contributed by atoms with van der Waals surface area (Å²) in [4.78, 5) is 13.3. The number of methoxy groups -OCH3 is 1. The molecule has 0 aliphatic heterocycles. The largest absolute Gasteiger partial charge is 0.395 e. The number of hydrogen-bond acceptors (Lipinski definition) is 4. The third-order valence-corrected chi connectivity index (χ3v) is 2.91. The van der Waals surface area contributed by atoms with Gasteiger partial charge in [0.1, 0.15) is 0 Å². The van der Waals surface area contributed by atoms with Crippen molar-refractivity contribution in [3.63, 3.8) is 0 Å². The number of nitrogens with zero attached hydrogens (tertiary/aromatic N) is 1. The lowest BCUT2D eigenvalue weighted by Crippen LogP contribution is -2.37. The van der Waals surface area contributed by atoms with Crippen molar-refractivity contribution in [2.75, 3.05) is 39.2 Å². The molecule has 0 aromatic heterocycles. The minimum absolute atomic E-state index is 0.00179. The van der Waals surface area contributed by atoms with Gasteiger partial charge in [-0.25, -0.2) is 0 Å². The number of aliphatic hydroxyl groups is 1. The maximum atomic E-state index is 11.7. The SMILES string of the molecule is COCCN(CCO)C(=O)CSC(C)C. The smallest absolute Gasteiger partial charge is 0.232 e. The number of ether oxygens (including phenoxy) is 1. The highest BCUT2D eigenvalue weighted by atomic mass is 32.2. The van der Waals surface area contributed by atoms with E-state index in [1.165, 1.54) is 0 Å².